The Bertz CT molecular complexity index is 617. The lowest BCUT2D eigenvalue weighted by molar-refractivity contribution is 0.477. The Morgan fingerprint density at radius 2 is 2.00 bits per heavy atom. The number of hydrogen-bond acceptors (Lipinski definition) is 4. The summed E-state index contributed by atoms with van der Waals surface area (Å²) in [5.41, 5.74) is 3.66. The summed E-state index contributed by atoms with van der Waals surface area (Å²) < 4.78 is 25.5. The van der Waals surface area contributed by atoms with Gasteiger partial charge < -0.3 is 5.32 Å². The van der Waals surface area contributed by atoms with Gasteiger partial charge in [-0.15, -0.1) is 0 Å². The van der Waals surface area contributed by atoms with Crippen molar-refractivity contribution in [2.24, 2.45) is 0 Å². The van der Waals surface area contributed by atoms with Crippen LogP contribution in [-0.4, -0.2) is 35.7 Å². The van der Waals surface area contributed by atoms with Gasteiger partial charge in [-0.25, -0.2) is 8.42 Å². The predicted octanol–water partition coefficient (Wildman–Crippen LogP) is 1.62. The van der Waals surface area contributed by atoms with Crippen LogP contribution >= 0.6 is 0 Å². The predicted molar refractivity (Wildman–Crippen MR) is 83.2 cm³/mol. The maximum absolute atomic E-state index is 11.7. The number of aryl methyl sites for hydroxylation is 1. The molecule has 1 saturated carbocycles. The Morgan fingerprint density at radius 1 is 1.24 bits per heavy atom. The van der Waals surface area contributed by atoms with Crippen LogP contribution in [0.4, 0.5) is 0 Å². The Morgan fingerprint density at radius 3 is 2.52 bits per heavy atom. The first kappa shape index (κ1) is 15.0. The standard InChI is InChI=1S/C15H25N3O2S/c1-3-14-13(9-16-11-5-6-11)15(4-2)18(17-14)12-7-8-21(19,20)10-12/h11-12,16H,3-10H2,1-2H3. The van der Waals surface area contributed by atoms with E-state index in [0.29, 0.717) is 18.2 Å². The second kappa shape index (κ2) is 5.72. The fraction of sp³-hybridized carbons (Fsp3) is 0.800. The molecule has 0 aromatic carbocycles. The van der Waals surface area contributed by atoms with Gasteiger partial charge in [0.25, 0.3) is 0 Å². The lowest BCUT2D eigenvalue weighted by atomic mass is 10.1. The quantitative estimate of drug-likeness (QED) is 0.867. The number of sulfone groups is 1. The summed E-state index contributed by atoms with van der Waals surface area (Å²) >= 11 is 0. The van der Waals surface area contributed by atoms with Crippen LogP contribution < -0.4 is 5.32 Å². The smallest absolute Gasteiger partial charge is 0.152 e. The molecule has 118 valence electrons. The Labute approximate surface area is 127 Å². The van der Waals surface area contributed by atoms with Gasteiger partial charge in [-0.2, -0.15) is 5.10 Å². The zero-order chi connectivity index (χ0) is 15.0. The molecular weight excluding hydrogens is 286 g/mol. The third-order valence-electron chi connectivity index (χ3n) is 4.57. The van der Waals surface area contributed by atoms with E-state index in [1.54, 1.807) is 0 Å². The summed E-state index contributed by atoms with van der Waals surface area (Å²) in [6, 6.07) is 0.708. The minimum atomic E-state index is -2.87. The van der Waals surface area contributed by atoms with Gasteiger partial charge in [-0.05, 0) is 32.1 Å². The van der Waals surface area contributed by atoms with Crippen LogP contribution in [0, 0.1) is 0 Å². The van der Waals surface area contributed by atoms with E-state index in [2.05, 4.69) is 19.2 Å². The summed E-state index contributed by atoms with van der Waals surface area (Å²) in [6.07, 6.45) is 5.07. The van der Waals surface area contributed by atoms with Crippen molar-refractivity contribution in [2.75, 3.05) is 11.5 Å². The van der Waals surface area contributed by atoms with Gasteiger partial charge in [0.15, 0.2) is 9.84 Å². The zero-order valence-electron chi connectivity index (χ0n) is 12.9. The number of rotatable bonds is 6. The Kier molecular flexibility index (Phi) is 4.10. The van der Waals surface area contributed by atoms with Gasteiger partial charge in [0, 0.05) is 23.8 Å². The average Bonchev–Trinajstić information content (AvgIpc) is 3.11. The highest BCUT2D eigenvalue weighted by Crippen LogP contribution is 2.28. The molecule has 0 bridgehead atoms. The van der Waals surface area contributed by atoms with Crippen LogP contribution in [0.5, 0.6) is 0 Å². The highest BCUT2D eigenvalue weighted by molar-refractivity contribution is 7.91. The van der Waals surface area contributed by atoms with E-state index in [1.165, 1.54) is 24.1 Å². The number of aromatic nitrogens is 2. The second-order valence-electron chi connectivity index (χ2n) is 6.24. The molecule has 0 spiro atoms. The molecule has 2 aliphatic rings. The molecule has 2 heterocycles. The first-order valence-corrected chi connectivity index (χ1v) is 9.89. The molecule has 0 amide bonds. The van der Waals surface area contributed by atoms with Crippen molar-refractivity contribution in [1.29, 1.82) is 0 Å². The third-order valence-corrected chi connectivity index (χ3v) is 6.32. The summed E-state index contributed by atoms with van der Waals surface area (Å²) in [5.74, 6) is 0.554. The molecule has 5 nitrogen and oxygen atoms in total. The van der Waals surface area contributed by atoms with Gasteiger partial charge in [-0.3, -0.25) is 4.68 Å². The van der Waals surface area contributed by atoms with Crippen molar-refractivity contribution >= 4 is 9.84 Å². The SMILES string of the molecule is CCc1nn(C2CCS(=O)(=O)C2)c(CC)c1CNC1CC1. The number of nitrogens with one attached hydrogen (secondary N) is 1. The van der Waals surface area contributed by atoms with Crippen molar-refractivity contribution < 1.29 is 8.42 Å². The minimum absolute atomic E-state index is 0.0323. The molecule has 1 aliphatic heterocycles. The van der Waals surface area contributed by atoms with Gasteiger partial charge in [0.2, 0.25) is 0 Å². The normalized spacial score (nSPS) is 24.6. The van der Waals surface area contributed by atoms with Gasteiger partial charge in [-0.1, -0.05) is 13.8 Å². The summed E-state index contributed by atoms with van der Waals surface area (Å²) in [6.45, 7) is 5.13. The van der Waals surface area contributed by atoms with Gasteiger partial charge >= 0.3 is 0 Å². The first-order valence-electron chi connectivity index (χ1n) is 8.07. The summed E-state index contributed by atoms with van der Waals surface area (Å²) in [5, 5.41) is 8.33. The van der Waals surface area contributed by atoms with E-state index in [-0.39, 0.29) is 11.8 Å². The van der Waals surface area contributed by atoms with Crippen LogP contribution in [0.1, 0.15) is 56.1 Å². The number of hydrogen-bond donors (Lipinski definition) is 1. The van der Waals surface area contributed by atoms with Crippen LogP contribution in [0.15, 0.2) is 0 Å². The van der Waals surface area contributed by atoms with Crippen LogP contribution in [0.25, 0.3) is 0 Å². The molecule has 1 aromatic heterocycles. The summed E-state index contributed by atoms with van der Waals surface area (Å²) in [4.78, 5) is 0. The van der Waals surface area contributed by atoms with E-state index in [4.69, 9.17) is 5.10 Å². The van der Waals surface area contributed by atoms with Crippen molar-refractivity contribution in [3.05, 3.63) is 17.0 Å². The van der Waals surface area contributed by atoms with E-state index in [0.717, 1.165) is 25.1 Å². The maximum atomic E-state index is 11.7. The van der Waals surface area contributed by atoms with Crippen LogP contribution in [-0.2, 0) is 29.2 Å². The van der Waals surface area contributed by atoms with Crippen molar-refractivity contribution in [2.45, 2.75) is 64.6 Å². The van der Waals surface area contributed by atoms with E-state index >= 15 is 0 Å². The van der Waals surface area contributed by atoms with Crippen LogP contribution in [0.3, 0.4) is 0 Å². The van der Waals surface area contributed by atoms with Crippen molar-refractivity contribution in [1.82, 2.24) is 15.1 Å². The second-order valence-corrected chi connectivity index (χ2v) is 8.46. The van der Waals surface area contributed by atoms with Gasteiger partial charge in [0.05, 0.1) is 23.2 Å². The molecule has 1 saturated heterocycles. The summed E-state index contributed by atoms with van der Waals surface area (Å²) in [7, 11) is -2.87. The molecule has 3 rings (SSSR count). The van der Waals surface area contributed by atoms with E-state index in [1.807, 2.05) is 4.68 Å². The molecule has 2 fully saturated rings. The molecular formula is C15H25N3O2S. The Hall–Kier alpha value is -0.880. The lowest BCUT2D eigenvalue weighted by Crippen LogP contribution is -2.18. The Balaban J connectivity index is 1.88. The number of nitrogens with zero attached hydrogens (tertiary/aromatic N) is 2. The fourth-order valence-corrected chi connectivity index (χ4v) is 4.92. The molecule has 21 heavy (non-hydrogen) atoms. The zero-order valence-corrected chi connectivity index (χ0v) is 13.7. The molecule has 6 heteroatoms. The topological polar surface area (TPSA) is 64.0 Å². The van der Waals surface area contributed by atoms with Crippen LogP contribution in [0.2, 0.25) is 0 Å². The fourth-order valence-electron chi connectivity index (χ4n) is 3.22. The molecule has 1 unspecified atom stereocenters. The molecule has 1 aromatic rings. The average molecular weight is 311 g/mol. The van der Waals surface area contributed by atoms with Gasteiger partial charge in [0.1, 0.15) is 0 Å². The lowest BCUT2D eigenvalue weighted by Gasteiger charge is -2.13. The van der Waals surface area contributed by atoms with E-state index < -0.39 is 9.84 Å². The molecule has 1 atom stereocenters. The molecule has 1 aliphatic carbocycles. The van der Waals surface area contributed by atoms with E-state index in [9.17, 15) is 8.42 Å². The first-order chi connectivity index (χ1) is 10.0. The third kappa shape index (κ3) is 3.16. The highest BCUT2D eigenvalue weighted by atomic mass is 32.2. The monoisotopic (exact) mass is 311 g/mol. The largest absolute Gasteiger partial charge is 0.310 e. The molecule has 0 radical (unpaired) electrons. The minimum Gasteiger partial charge on any atom is -0.310 e. The maximum Gasteiger partial charge on any atom is 0.152 e. The van der Waals surface area contributed by atoms with Crippen molar-refractivity contribution in [3.8, 4) is 0 Å². The highest BCUT2D eigenvalue weighted by Gasteiger charge is 2.32. The molecule has 1 N–H and O–H groups in total. The van der Waals surface area contributed by atoms with Crippen molar-refractivity contribution in [3.63, 3.8) is 0 Å².